The highest BCUT2D eigenvalue weighted by molar-refractivity contribution is 6.37. The number of rotatable bonds is 10. The summed E-state index contributed by atoms with van der Waals surface area (Å²) in [4.78, 5) is 27.7. The van der Waals surface area contributed by atoms with E-state index in [2.05, 4.69) is 27.7 Å². The summed E-state index contributed by atoms with van der Waals surface area (Å²) in [6.45, 7) is 5.07. The normalized spacial score (nSPS) is 16.5. The fourth-order valence-corrected chi connectivity index (χ4v) is 5.47. The Hall–Kier alpha value is -4.30. The summed E-state index contributed by atoms with van der Waals surface area (Å²) in [7, 11) is 3.16. The summed E-state index contributed by atoms with van der Waals surface area (Å²) in [5, 5.41) is 6.50. The summed E-state index contributed by atoms with van der Waals surface area (Å²) in [5.41, 5.74) is 5.71. The number of benzene rings is 3. The van der Waals surface area contributed by atoms with Gasteiger partial charge in [0.25, 0.3) is 5.91 Å². The highest BCUT2D eigenvalue weighted by Gasteiger charge is 2.30. The van der Waals surface area contributed by atoms with Gasteiger partial charge in [0.15, 0.2) is 11.5 Å². The molecule has 0 atom stereocenters. The maximum absolute atomic E-state index is 13.3. The van der Waals surface area contributed by atoms with Gasteiger partial charge in [-0.3, -0.25) is 9.59 Å². The molecule has 1 amide bonds. The molecule has 2 aliphatic heterocycles. The van der Waals surface area contributed by atoms with E-state index < -0.39 is 0 Å². The van der Waals surface area contributed by atoms with Crippen molar-refractivity contribution < 1.29 is 23.8 Å². The number of hydrogen-bond acceptors (Lipinski definition) is 7. The summed E-state index contributed by atoms with van der Waals surface area (Å²) >= 11 is 0. The van der Waals surface area contributed by atoms with Crippen molar-refractivity contribution in [2.75, 3.05) is 51.1 Å². The first-order chi connectivity index (χ1) is 20.0. The number of amides is 1. The molecule has 3 aromatic rings. The zero-order valence-electron chi connectivity index (χ0n) is 23.9. The standard InChI is InChI=1S/C33H37N3O5/c1-4-41-33(38)24-15-18-36(19-16-24)17-14-22-10-12-25(13-11-22)34-31(23-8-6-5-7-9-23)30-26-20-28(39-2)29(40-3)21-27(26)35-32(30)37/h5-13,20-21,24,34H,4,14-19H2,1-3H3,(H,35,37)/b31-30-. The molecule has 1 saturated heterocycles. The lowest BCUT2D eigenvalue weighted by Crippen LogP contribution is -2.38. The van der Waals surface area contributed by atoms with Gasteiger partial charge < -0.3 is 29.7 Å². The SMILES string of the molecule is CCOC(=O)C1CCN(CCc2ccc(N/C(=C3\C(=O)Nc4cc(OC)c(OC)cc43)c3ccccc3)cc2)CC1. The van der Waals surface area contributed by atoms with E-state index in [0.717, 1.165) is 55.7 Å². The number of nitrogens with zero attached hydrogens (tertiary/aromatic N) is 1. The molecule has 1 fully saturated rings. The fraction of sp³-hybridized carbons (Fsp3) is 0.333. The van der Waals surface area contributed by atoms with Gasteiger partial charge in [0.2, 0.25) is 0 Å². The van der Waals surface area contributed by atoms with Gasteiger partial charge in [-0.15, -0.1) is 0 Å². The van der Waals surface area contributed by atoms with Crippen LogP contribution in [0.25, 0.3) is 11.3 Å². The molecule has 2 aliphatic rings. The molecular formula is C33H37N3O5. The Balaban J connectivity index is 1.32. The van der Waals surface area contributed by atoms with Gasteiger partial charge in [0, 0.05) is 23.9 Å². The molecule has 2 N–H and O–H groups in total. The van der Waals surface area contributed by atoms with Crippen LogP contribution < -0.4 is 20.1 Å². The molecule has 0 aromatic heterocycles. The highest BCUT2D eigenvalue weighted by atomic mass is 16.5. The van der Waals surface area contributed by atoms with Crippen LogP contribution in [-0.2, 0) is 20.7 Å². The Morgan fingerprint density at radius 3 is 2.32 bits per heavy atom. The number of ether oxygens (including phenoxy) is 3. The van der Waals surface area contributed by atoms with Crippen LogP contribution in [0.5, 0.6) is 11.5 Å². The predicted octanol–water partition coefficient (Wildman–Crippen LogP) is 5.45. The summed E-state index contributed by atoms with van der Waals surface area (Å²) in [6, 6.07) is 21.8. The number of likely N-dealkylation sites (tertiary alicyclic amines) is 1. The topological polar surface area (TPSA) is 89.1 Å². The Kier molecular flexibility index (Phi) is 8.89. The molecule has 8 heteroatoms. The van der Waals surface area contributed by atoms with Crippen LogP contribution in [0.4, 0.5) is 11.4 Å². The zero-order valence-corrected chi connectivity index (χ0v) is 23.9. The van der Waals surface area contributed by atoms with E-state index in [9.17, 15) is 9.59 Å². The van der Waals surface area contributed by atoms with Gasteiger partial charge in [-0.2, -0.15) is 0 Å². The number of methoxy groups -OCH3 is 2. The number of nitrogens with one attached hydrogen (secondary N) is 2. The van der Waals surface area contributed by atoms with E-state index in [1.807, 2.05) is 55.5 Å². The summed E-state index contributed by atoms with van der Waals surface area (Å²) in [6.07, 6.45) is 2.64. The van der Waals surface area contributed by atoms with E-state index >= 15 is 0 Å². The quantitative estimate of drug-likeness (QED) is 0.254. The molecule has 0 saturated carbocycles. The lowest BCUT2D eigenvalue weighted by molar-refractivity contribution is -0.149. The smallest absolute Gasteiger partial charge is 0.309 e. The largest absolute Gasteiger partial charge is 0.493 e. The Morgan fingerprint density at radius 2 is 1.66 bits per heavy atom. The number of piperidine rings is 1. The second kappa shape index (κ2) is 12.9. The molecule has 8 nitrogen and oxygen atoms in total. The third-order valence-electron chi connectivity index (χ3n) is 7.73. The molecule has 0 bridgehead atoms. The first-order valence-corrected chi connectivity index (χ1v) is 14.1. The molecule has 3 aromatic carbocycles. The highest BCUT2D eigenvalue weighted by Crippen LogP contribution is 2.43. The molecule has 2 heterocycles. The van der Waals surface area contributed by atoms with Crippen LogP contribution in [0.3, 0.4) is 0 Å². The average Bonchev–Trinajstić information content (AvgIpc) is 3.33. The van der Waals surface area contributed by atoms with E-state index in [4.69, 9.17) is 14.2 Å². The molecule has 0 unspecified atom stereocenters. The van der Waals surface area contributed by atoms with Crippen LogP contribution in [0, 0.1) is 5.92 Å². The van der Waals surface area contributed by atoms with Crippen molar-refractivity contribution in [3.05, 3.63) is 83.4 Å². The summed E-state index contributed by atoms with van der Waals surface area (Å²) < 4.78 is 16.1. The molecule has 214 valence electrons. The maximum atomic E-state index is 13.3. The Labute approximate surface area is 241 Å². The molecule has 0 aliphatic carbocycles. The van der Waals surface area contributed by atoms with Gasteiger partial charge in [-0.05, 0) is 68.6 Å². The van der Waals surface area contributed by atoms with Crippen LogP contribution >= 0.6 is 0 Å². The lowest BCUT2D eigenvalue weighted by Gasteiger charge is -2.30. The van der Waals surface area contributed by atoms with Gasteiger partial charge in [0.1, 0.15) is 0 Å². The number of esters is 1. The van der Waals surface area contributed by atoms with Crippen LogP contribution in [0.2, 0.25) is 0 Å². The lowest BCUT2D eigenvalue weighted by atomic mass is 9.96. The maximum Gasteiger partial charge on any atom is 0.309 e. The van der Waals surface area contributed by atoms with Gasteiger partial charge in [-0.25, -0.2) is 0 Å². The van der Waals surface area contributed by atoms with Gasteiger partial charge >= 0.3 is 5.97 Å². The fourth-order valence-electron chi connectivity index (χ4n) is 5.47. The van der Waals surface area contributed by atoms with E-state index in [1.54, 1.807) is 20.3 Å². The minimum absolute atomic E-state index is 0.0292. The van der Waals surface area contributed by atoms with Crippen molar-refractivity contribution in [3.8, 4) is 11.5 Å². The van der Waals surface area contributed by atoms with E-state index in [1.165, 1.54) is 5.56 Å². The van der Waals surface area contributed by atoms with Crippen molar-refractivity contribution in [2.24, 2.45) is 5.92 Å². The summed E-state index contributed by atoms with van der Waals surface area (Å²) in [5.74, 6) is 0.896. The van der Waals surface area contributed by atoms with Crippen LogP contribution in [0.15, 0.2) is 66.7 Å². The van der Waals surface area contributed by atoms with Gasteiger partial charge in [-0.1, -0.05) is 42.5 Å². The van der Waals surface area contributed by atoms with Crippen molar-refractivity contribution in [1.82, 2.24) is 4.90 Å². The predicted molar refractivity (Wildman–Crippen MR) is 161 cm³/mol. The molecule has 0 spiro atoms. The molecule has 41 heavy (non-hydrogen) atoms. The van der Waals surface area contributed by atoms with Gasteiger partial charge in [0.05, 0.1) is 43.7 Å². The second-order valence-electron chi connectivity index (χ2n) is 10.3. The number of carbonyl (C=O) groups excluding carboxylic acids is 2. The monoisotopic (exact) mass is 555 g/mol. The van der Waals surface area contributed by atoms with E-state index in [0.29, 0.717) is 35.1 Å². The average molecular weight is 556 g/mol. The number of carbonyl (C=O) groups is 2. The minimum atomic E-state index is -0.190. The van der Waals surface area contributed by atoms with Crippen LogP contribution in [-0.4, -0.2) is 57.2 Å². The Bertz CT molecular complexity index is 1410. The number of fused-ring (bicyclic) bond motifs is 1. The first-order valence-electron chi connectivity index (χ1n) is 14.1. The molecule has 5 rings (SSSR count). The minimum Gasteiger partial charge on any atom is -0.493 e. The number of hydrogen-bond donors (Lipinski definition) is 2. The third kappa shape index (κ3) is 6.38. The first kappa shape index (κ1) is 28.2. The molecular weight excluding hydrogens is 518 g/mol. The zero-order chi connectivity index (χ0) is 28.8. The molecule has 0 radical (unpaired) electrons. The number of anilines is 2. The van der Waals surface area contributed by atoms with Crippen molar-refractivity contribution in [2.45, 2.75) is 26.2 Å². The van der Waals surface area contributed by atoms with Crippen molar-refractivity contribution in [3.63, 3.8) is 0 Å². The second-order valence-corrected chi connectivity index (χ2v) is 10.3. The van der Waals surface area contributed by atoms with Crippen molar-refractivity contribution >= 4 is 34.5 Å². The Morgan fingerprint density at radius 1 is 0.976 bits per heavy atom. The third-order valence-corrected chi connectivity index (χ3v) is 7.73. The van der Waals surface area contributed by atoms with E-state index in [-0.39, 0.29) is 17.8 Å². The van der Waals surface area contributed by atoms with Crippen molar-refractivity contribution in [1.29, 1.82) is 0 Å². The van der Waals surface area contributed by atoms with Crippen LogP contribution in [0.1, 0.15) is 36.5 Å².